The first kappa shape index (κ1) is 14.0. The lowest BCUT2D eigenvalue weighted by atomic mass is 9.83. The lowest BCUT2D eigenvalue weighted by molar-refractivity contribution is 0.0521. The Morgan fingerprint density at radius 2 is 2.26 bits per heavy atom. The van der Waals surface area contributed by atoms with Crippen molar-refractivity contribution in [3.63, 3.8) is 0 Å². The van der Waals surface area contributed by atoms with Crippen LogP contribution in [0.3, 0.4) is 0 Å². The van der Waals surface area contributed by atoms with E-state index in [-0.39, 0.29) is 23.2 Å². The molecule has 1 aromatic heterocycles. The first-order valence-corrected chi connectivity index (χ1v) is 7.65. The summed E-state index contributed by atoms with van der Waals surface area (Å²) in [5.41, 5.74) is -0.0679. The van der Waals surface area contributed by atoms with E-state index in [1.165, 1.54) is 0 Å². The van der Waals surface area contributed by atoms with Gasteiger partial charge in [0.05, 0.1) is 12.8 Å². The standard InChI is InChI=1S/C11H17N3O4S/c1-3-18-11(15)9-6-12-13-10(9)19(16,17)14-8-4-7(2)5-8/h6-8,14H,3-5H2,1-2H3,(H,12,13). The Morgan fingerprint density at radius 1 is 1.58 bits per heavy atom. The van der Waals surface area contributed by atoms with Crippen LogP contribution in [0.25, 0.3) is 0 Å². The summed E-state index contributed by atoms with van der Waals surface area (Å²) in [4.78, 5) is 11.6. The number of sulfonamides is 1. The lowest BCUT2D eigenvalue weighted by Crippen LogP contribution is -2.43. The second-order valence-electron chi connectivity index (χ2n) is 4.73. The highest BCUT2D eigenvalue weighted by Crippen LogP contribution is 2.28. The third-order valence-corrected chi connectivity index (χ3v) is 4.56. The predicted molar refractivity (Wildman–Crippen MR) is 67.1 cm³/mol. The maximum absolute atomic E-state index is 12.1. The Labute approximate surface area is 111 Å². The van der Waals surface area contributed by atoms with Gasteiger partial charge in [-0.25, -0.2) is 17.9 Å². The molecule has 0 spiro atoms. The third kappa shape index (κ3) is 2.95. The van der Waals surface area contributed by atoms with Crippen LogP contribution in [0.1, 0.15) is 37.0 Å². The van der Waals surface area contributed by atoms with Gasteiger partial charge in [-0.3, -0.25) is 5.10 Å². The Morgan fingerprint density at radius 3 is 2.84 bits per heavy atom. The van der Waals surface area contributed by atoms with Crippen LogP contribution >= 0.6 is 0 Å². The van der Waals surface area contributed by atoms with Gasteiger partial charge in [-0.05, 0) is 25.7 Å². The molecule has 7 nitrogen and oxygen atoms in total. The van der Waals surface area contributed by atoms with Crippen molar-refractivity contribution in [1.82, 2.24) is 14.9 Å². The number of carbonyl (C=O) groups is 1. The lowest BCUT2D eigenvalue weighted by Gasteiger charge is -2.32. The molecule has 1 fully saturated rings. The van der Waals surface area contributed by atoms with Crippen LogP contribution in [0.2, 0.25) is 0 Å². The minimum absolute atomic E-state index is 0.0679. The molecule has 19 heavy (non-hydrogen) atoms. The number of ether oxygens (including phenoxy) is 1. The van der Waals surface area contributed by atoms with Crippen LogP contribution in [-0.4, -0.2) is 37.2 Å². The maximum Gasteiger partial charge on any atom is 0.342 e. The maximum atomic E-state index is 12.1. The molecule has 0 atom stereocenters. The number of aromatic nitrogens is 2. The second-order valence-corrected chi connectivity index (χ2v) is 6.38. The average Bonchev–Trinajstić information content (AvgIpc) is 2.76. The van der Waals surface area contributed by atoms with Crippen molar-refractivity contribution in [2.45, 2.75) is 37.8 Å². The van der Waals surface area contributed by atoms with Crippen molar-refractivity contribution >= 4 is 16.0 Å². The second kappa shape index (κ2) is 5.30. The summed E-state index contributed by atoms with van der Waals surface area (Å²) in [5, 5.41) is 5.73. The fraction of sp³-hybridized carbons (Fsp3) is 0.636. The van der Waals surface area contributed by atoms with E-state index in [1.54, 1.807) is 6.92 Å². The van der Waals surface area contributed by atoms with Crippen molar-refractivity contribution < 1.29 is 17.9 Å². The number of hydrogen-bond donors (Lipinski definition) is 2. The van der Waals surface area contributed by atoms with Gasteiger partial charge < -0.3 is 4.74 Å². The molecule has 1 aliphatic carbocycles. The molecule has 1 aromatic rings. The SMILES string of the molecule is CCOC(=O)c1cn[nH]c1S(=O)(=O)NC1CC(C)C1. The summed E-state index contributed by atoms with van der Waals surface area (Å²) < 4.78 is 31.6. The van der Waals surface area contributed by atoms with Gasteiger partial charge in [-0.15, -0.1) is 0 Å². The van der Waals surface area contributed by atoms with Crippen LogP contribution in [0.4, 0.5) is 0 Å². The average molecular weight is 287 g/mol. The van der Waals surface area contributed by atoms with Crippen LogP contribution in [0.15, 0.2) is 11.2 Å². The number of rotatable bonds is 5. The van der Waals surface area contributed by atoms with Gasteiger partial charge in [-0.2, -0.15) is 5.10 Å². The Bertz CT molecular complexity index is 560. The summed E-state index contributed by atoms with van der Waals surface area (Å²) in [6.45, 7) is 3.89. The number of nitrogens with zero attached hydrogens (tertiary/aromatic N) is 1. The topological polar surface area (TPSA) is 101 Å². The molecule has 106 valence electrons. The number of H-pyrrole nitrogens is 1. The molecule has 0 saturated heterocycles. The van der Waals surface area contributed by atoms with Crippen LogP contribution < -0.4 is 4.72 Å². The fourth-order valence-corrected chi connectivity index (χ4v) is 3.46. The molecule has 0 aliphatic heterocycles. The zero-order valence-corrected chi connectivity index (χ0v) is 11.7. The predicted octanol–water partition coefficient (Wildman–Crippen LogP) is 0.663. The number of carbonyl (C=O) groups excluding carboxylic acids is 1. The summed E-state index contributed by atoms with van der Waals surface area (Å²) >= 11 is 0. The van der Waals surface area contributed by atoms with E-state index in [1.807, 2.05) is 0 Å². The molecule has 0 aromatic carbocycles. The minimum Gasteiger partial charge on any atom is -0.462 e. The first-order chi connectivity index (χ1) is 8.94. The molecule has 1 heterocycles. The molecule has 1 saturated carbocycles. The highest BCUT2D eigenvalue weighted by atomic mass is 32.2. The number of esters is 1. The first-order valence-electron chi connectivity index (χ1n) is 6.17. The summed E-state index contributed by atoms with van der Waals surface area (Å²) in [5.74, 6) is -0.169. The van der Waals surface area contributed by atoms with Crippen molar-refractivity contribution in [2.75, 3.05) is 6.61 Å². The van der Waals surface area contributed by atoms with Crippen molar-refractivity contribution in [1.29, 1.82) is 0 Å². The molecule has 1 aliphatic rings. The van der Waals surface area contributed by atoms with E-state index in [9.17, 15) is 13.2 Å². The van der Waals surface area contributed by atoms with Gasteiger partial charge in [0.15, 0.2) is 5.03 Å². The summed E-state index contributed by atoms with van der Waals surface area (Å²) in [7, 11) is -3.76. The molecular weight excluding hydrogens is 270 g/mol. The summed E-state index contributed by atoms with van der Waals surface area (Å²) in [6.07, 6.45) is 2.78. The molecule has 0 unspecified atom stereocenters. The number of nitrogens with one attached hydrogen (secondary N) is 2. The van der Waals surface area contributed by atoms with E-state index in [0.717, 1.165) is 19.0 Å². The highest BCUT2D eigenvalue weighted by Gasteiger charge is 2.33. The molecule has 2 rings (SSSR count). The van der Waals surface area contributed by atoms with Gasteiger partial charge in [0, 0.05) is 6.04 Å². The van der Waals surface area contributed by atoms with Gasteiger partial charge >= 0.3 is 5.97 Å². The zero-order valence-electron chi connectivity index (χ0n) is 10.8. The normalized spacial score (nSPS) is 22.8. The van der Waals surface area contributed by atoms with E-state index in [0.29, 0.717) is 5.92 Å². The van der Waals surface area contributed by atoms with Crippen LogP contribution in [0, 0.1) is 5.92 Å². The molecule has 0 radical (unpaired) electrons. The monoisotopic (exact) mass is 287 g/mol. The Balaban J connectivity index is 2.16. The van der Waals surface area contributed by atoms with Gasteiger partial charge in [0.1, 0.15) is 5.56 Å². The smallest absolute Gasteiger partial charge is 0.342 e. The highest BCUT2D eigenvalue weighted by molar-refractivity contribution is 7.89. The van der Waals surface area contributed by atoms with Crippen LogP contribution in [0.5, 0.6) is 0 Å². The molecule has 2 N–H and O–H groups in total. The Hall–Kier alpha value is -1.41. The molecule has 0 amide bonds. The van der Waals surface area contributed by atoms with Crippen molar-refractivity contribution in [3.8, 4) is 0 Å². The summed E-state index contributed by atoms with van der Waals surface area (Å²) in [6, 6.07) is -0.0710. The number of hydrogen-bond acceptors (Lipinski definition) is 5. The Kier molecular flexibility index (Phi) is 3.91. The minimum atomic E-state index is -3.76. The van der Waals surface area contributed by atoms with E-state index >= 15 is 0 Å². The fourth-order valence-electron chi connectivity index (χ4n) is 2.11. The van der Waals surface area contributed by atoms with E-state index in [4.69, 9.17) is 4.74 Å². The molecule has 8 heteroatoms. The third-order valence-electron chi connectivity index (χ3n) is 3.06. The molecular formula is C11H17N3O4S. The quantitative estimate of drug-likeness (QED) is 0.775. The van der Waals surface area contributed by atoms with E-state index < -0.39 is 16.0 Å². The van der Waals surface area contributed by atoms with Crippen molar-refractivity contribution in [2.24, 2.45) is 5.92 Å². The molecule has 0 bridgehead atoms. The zero-order chi connectivity index (χ0) is 14.0. The van der Waals surface area contributed by atoms with E-state index in [2.05, 4.69) is 21.8 Å². The van der Waals surface area contributed by atoms with Gasteiger partial charge in [0.2, 0.25) is 0 Å². The number of aromatic amines is 1. The van der Waals surface area contributed by atoms with Gasteiger partial charge in [0.25, 0.3) is 10.0 Å². The van der Waals surface area contributed by atoms with Crippen LogP contribution in [-0.2, 0) is 14.8 Å². The van der Waals surface area contributed by atoms with Gasteiger partial charge in [-0.1, -0.05) is 6.92 Å². The largest absolute Gasteiger partial charge is 0.462 e. The van der Waals surface area contributed by atoms with Crippen molar-refractivity contribution in [3.05, 3.63) is 11.8 Å².